The highest BCUT2D eigenvalue weighted by molar-refractivity contribution is 5.90. The van der Waals surface area contributed by atoms with Crippen molar-refractivity contribution in [2.24, 2.45) is 7.05 Å². The molecule has 0 aromatic carbocycles. The lowest BCUT2D eigenvalue weighted by Gasteiger charge is -2.12. The van der Waals surface area contributed by atoms with E-state index in [1.54, 1.807) is 11.7 Å². The Balaban J connectivity index is 1.78. The van der Waals surface area contributed by atoms with Crippen molar-refractivity contribution in [2.45, 2.75) is 26.7 Å². The van der Waals surface area contributed by atoms with E-state index in [1.165, 1.54) is 0 Å². The largest absolute Gasteiger partial charge is 0.338 e. The summed E-state index contributed by atoms with van der Waals surface area (Å²) < 4.78 is 28.8. The van der Waals surface area contributed by atoms with Gasteiger partial charge in [0.2, 0.25) is 0 Å². The van der Waals surface area contributed by atoms with Crippen molar-refractivity contribution in [1.29, 1.82) is 0 Å². The molecule has 3 aromatic rings. The van der Waals surface area contributed by atoms with Crippen molar-refractivity contribution in [3.8, 4) is 0 Å². The summed E-state index contributed by atoms with van der Waals surface area (Å²) in [5.41, 5.74) is 6.99. The Labute approximate surface area is 154 Å². The molecule has 0 aliphatic heterocycles. The standard InChI is InChI=1S/C17H19F2N7O/c1-4-5-10-6-13(21-16-14(10)9(2)25-26(16)3)23-24-17(27)22-15-11(18)7-20-8-12(15)19/h6-8H,4-5H2,1-3H3,(H,21,23)(H2,20,22,24,27). The number of nitrogens with one attached hydrogen (secondary N) is 3. The molecule has 2 amide bonds. The zero-order valence-corrected chi connectivity index (χ0v) is 15.1. The first-order valence-electron chi connectivity index (χ1n) is 8.36. The van der Waals surface area contributed by atoms with E-state index in [0.717, 1.165) is 41.9 Å². The van der Waals surface area contributed by atoms with E-state index in [1.807, 2.05) is 13.0 Å². The maximum atomic E-state index is 13.5. The molecule has 3 rings (SSSR count). The Bertz CT molecular complexity index is 982. The van der Waals surface area contributed by atoms with Gasteiger partial charge >= 0.3 is 6.03 Å². The molecule has 3 heterocycles. The summed E-state index contributed by atoms with van der Waals surface area (Å²) in [4.78, 5) is 19.7. The molecular weight excluding hydrogens is 356 g/mol. The van der Waals surface area contributed by atoms with E-state index >= 15 is 0 Å². The lowest BCUT2D eigenvalue weighted by atomic mass is 10.1. The molecule has 3 N–H and O–H groups in total. The van der Waals surface area contributed by atoms with E-state index in [2.05, 4.69) is 38.2 Å². The minimum atomic E-state index is -0.972. The topological polar surface area (TPSA) is 96.8 Å². The highest BCUT2D eigenvalue weighted by atomic mass is 19.1. The monoisotopic (exact) mass is 375 g/mol. The van der Waals surface area contributed by atoms with E-state index < -0.39 is 23.4 Å². The number of carbonyl (C=O) groups excluding carboxylic acids is 1. The van der Waals surface area contributed by atoms with Gasteiger partial charge in [-0.3, -0.25) is 20.5 Å². The maximum absolute atomic E-state index is 13.5. The molecule has 0 fully saturated rings. The van der Waals surface area contributed by atoms with Gasteiger partial charge in [-0.2, -0.15) is 5.10 Å². The number of hydrazine groups is 1. The van der Waals surface area contributed by atoms with Crippen LogP contribution in [0.1, 0.15) is 24.6 Å². The first kappa shape index (κ1) is 18.5. The van der Waals surface area contributed by atoms with E-state index in [-0.39, 0.29) is 0 Å². The second-order valence-electron chi connectivity index (χ2n) is 6.01. The predicted octanol–water partition coefficient (Wildman–Crippen LogP) is 3.05. The summed E-state index contributed by atoms with van der Waals surface area (Å²) in [5.74, 6) is -1.56. The number of anilines is 2. The van der Waals surface area contributed by atoms with Gasteiger partial charge in [0.05, 0.1) is 18.1 Å². The number of carbonyl (C=O) groups is 1. The normalized spacial score (nSPS) is 10.9. The van der Waals surface area contributed by atoms with Gasteiger partial charge in [-0.05, 0) is 25.0 Å². The molecule has 0 radical (unpaired) electrons. The van der Waals surface area contributed by atoms with Crippen LogP contribution < -0.4 is 16.2 Å². The van der Waals surface area contributed by atoms with Crippen molar-refractivity contribution in [1.82, 2.24) is 25.2 Å². The Kier molecular flexibility index (Phi) is 5.15. The maximum Gasteiger partial charge on any atom is 0.338 e. The molecule has 142 valence electrons. The highest BCUT2D eigenvalue weighted by Gasteiger charge is 2.15. The van der Waals surface area contributed by atoms with Gasteiger partial charge in [0.1, 0.15) is 11.5 Å². The third-order valence-corrected chi connectivity index (χ3v) is 3.97. The molecule has 0 bridgehead atoms. The lowest BCUT2D eigenvalue weighted by molar-refractivity contribution is 0.253. The molecule has 27 heavy (non-hydrogen) atoms. The van der Waals surface area contributed by atoms with Crippen molar-refractivity contribution in [3.63, 3.8) is 0 Å². The molecule has 0 atom stereocenters. The number of hydrogen-bond donors (Lipinski definition) is 3. The summed E-state index contributed by atoms with van der Waals surface area (Å²) in [7, 11) is 1.79. The van der Waals surface area contributed by atoms with Crippen molar-refractivity contribution >= 4 is 28.6 Å². The number of aryl methyl sites for hydroxylation is 3. The highest BCUT2D eigenvalue weighted by Crippen LogP contribution is 2.24. The van der Waals surface area contributed by atoms with Gasteiger partial charge < -0.3 is 5.32 Å². The molecular formula is C17H19F2N7O. The van der Waals surface area contributed by atoms with Crippen LogP contribution in [0.2, 0.25) is 0 Å². The number of nitrogens with zero attached hydrogens (tertiary/aromatic N) is 4. The summed E-state index contributed by atoms with van der Waals surface area (Å²) >= 11 is 0. The SMILES string of the molecule is CCCc1cc(NNC(=O)Nc2c(F)cncc2F)nc2c1c(C)nn2C. The zero-order valence-electron chi connectivity index (χ0n) is 15.1. The van der Waals surface area contributed by atoms with Crippen LogP contribution in [0, 0.1) is 18.6 Å². The fraction of sp³-hybridized carbons (Fsp3) is 0.294. The van der Waals surface area contributed by atoms with Gasteiger partial charge in [-0.15, -0.1) is 0 Å². The van der Waals surface area contributed by atoms with Crippen molar-refractivity contribution in [3.05, 3.63) is 41.4 Å². The van der Waals surface area contributed by atoms with Crippen LogP contribution in [0.15, 0.2) is 18.5 Å². The Morgan fingerprint density at radius 3 is 2.63 bits per heavy atom. The molecule has 0 unspecified atom stereocenters. The van der Waals surface area contributed by atoms with Gasteiger partial charge in [-0.1, -0.05) is 13.3 Å². The van der Waals surface area contributed by atoms with E-state index in [4.69, 9.17) is 0 Å². The number of fused-ring (bicyclic) bond motifs is 1. The first-order chi connectivity index (χ1) is 12.9. The van der Waals surface area contributed by atoms with E-state index in [0.29, 0.717) is 11.5 Å². The smallest absolute Gasteiger partial charge is 0.301 e. The molecule has 0 aliphatic rings. The fourth-order valence-electron chi connectivity index (χ4n) is 2.86. The first-order valence-corrected chi connectivity index (χ1v) is 8.36. The van der Waals surface area contributed by atoms with Crippen LogP contribution in [-0.2, 0) is 13.5 Å². The Morgan fingerprint density at radius 2 is 1.96 bits per heavy atom. The number of amides is 2. The number of hydrogen-bond acceptors (Lipinski definition) is 5. The fourth-order valence-corrected chi connectivity index (χ4v) is 2.86. The third kappa shape index (κ3) is 3.78. The van der Waals surface area contributed by atoms with Crippen LogP contribution in [0.5, 0.6) is 0 Å². The molecule has 0 aliphatic carbocycles. The van der Waals surface area contributed by atoms with Gasteiger partial charge in [-0.25, -0.2) is 18.6 Å². The van der Waals surface area contributed by atoms with Crippen LogP contribution in [0.3, 0.4) is 0 Å². The summed E-state index contributed by atoms with van der Waals surface area (Å²) in [5, 5.41) is 7.46. The number of aromatic nitrogens is 4. The van der Waals surface area contributed by atoms with Crippen molar-refractivity contribution in [2.75, 3.05) is 10.7 Å². The molecule has 8 nitrogen and oxygen atoms in total. The number of rotatable bonds is 5. The Hall–Kier alpha value is -3.30. The second-order valence-corrected chi connectivity index (χ2v) is 6.01. The second kappa shape index (κ2) is 7.52. The quantitative estimate of drug-likeness (QED) is 0.596. The van der Waals surface area contributed by atoms with Crippen LogP contribution >= 0.6 is 0 Å². The van der Waals surface area contributed by atoms with Gasteiger partial charge in [0.15, 0.2) is 17.3 Å². The number of halogens is 2. The zero-order chi connectivity index (χ0) is 19.6. The van der Waals surface area contributed by atoms with Gasteiger partial charge in [0, 0.05) is 12.4 Å². The summed E-state index contributed by atoms with van der Waals surface area (Å²) in [6.45, 7) is 3.98. The lowest BCUT2D eigenvalue weighted by Crippen LogP contribution is -2.34. The predicted molar refractivity (Wildman–Crippen MR) is 97.2 cm³/mol. The van der Waals surface area contributed by atoms with Crippen LogP contribution in [-0.4, -0.2) is 25.8 Å². The average molecular weight is 375 g/mol. The summed E-state index contributed by atoms with van der Waals surface area (Å²) in [6.07, 6.45) is 3.37. The van der Waals surface area contributed by atoms with Gasteiger partial charge in [0.25, 0.3) is 0 Å². The van der Waals surface area contributed by atoms with Crippen molar-refractivity contribution < 1.29 is 13.6 Å². The average Bonchev–Trinajstić information content (AvgIpc) is 2.91. The minimum absolute atomic E-state index is 0.389. The Morgan fingerprint density at radius 1 is 1.26 bits per heavy atom. The number of pyridine rings is 2. The molecule has 10 heteroatoms. The molecule has 0 saturated heterocycles. The van der Waals surface area contributed by atoms with E-state index in [9.17, 15) is 13.6 Å². The molecule has 3 aromatic heterocycles. The molecule has 0 saturated carbocycles. The van der Waals surface area contributed by atoms with Crippen LogP contribution in [0.25, 0.3) is 11.0 Å². The summed E-state index contributed by atoms with van der Waals surface area (Å²) in [6, 6.07) is 0.966. The minimum Gasteiger partial charge on any atom is -0.301 e. The molecule has 0 spiro atoms. The van der Waals surface area contributed by atoms with Crippen LogP contribution in [0.4, 0.5) is 25.1 Å². The number of urea groups is 1. The third-order valence-electron chi connectivity index (χ3n) is 3.97.